The molecule has 2 heterocycles. The van der Waals surface area contributed by atoms with Gasteiger partial charge in [0.2, 0.25) is 0 Å². The standard InChI is InChI=1S/C6H2N5/c1-2-4-6(10-11-8-4)5-3(1)7-9-5/h2H,(H,8,10,11). The highest BCUT2D eigenvalue weighted by Gasteiger charge is 2.15. The summed E-state index contributed by atoms with van der Waals surface area (Å²) in [6.07, 6.45) is 0. The Balaban J connectivity index is 2.58. The van der Waals surface area contributed by atoms with Gasteiger partial charge < -0.3 is 0 Å². The maximum absolute atomic E-state index is 3.85. The molecular weight excluding hydrogens is 142 g/mol. The molecule has 0 atom stereocenters. The van der Waals surface area contributed by atoms with Gasteiger partial charge in [0.1, 0.15) is 16.9 Å². The molecule has 2 aromatic rings. The maximum atomic E-state index is 3.85. The first kappa shape index (κ1) is 4.95. The molecule has 51 valence electrons. The smallest absolute Gasteiger partial charge is 0.144 e. The minimum absolute atomic E-state index is 0.770. The van der Waals surface area contributed by atoms with Crippen LogP contribution in [0.2, 0.25) is 0 Å². The van der Waals surface area contributed by atoms with Gasteiger partial charge in [-0.2, -0.15) is 0 Å². The Morgan fingerprint density at radius 2 is 2.36 bits per heavy atom. The van der Waals surface area contributed by atoms with E-state index in [1.807, 2.05) is 0 Å². The molecule has 0 bridgehead atoms. The van der Waals surface area contributed by atoms with E-state index in [9.17, 15) is 0 Å². The van der Waals surface area contributed by atoms with E-state index in [4.69, 9.17) is 0 Å². The molecule has 0 fully saturated rings. The summed E-state index contributed by atoms with van der Waals surface area (Å²) in [5.41, 5.74) is 3.18. The Morgan fingerprint density at radius 1 is 1.36 bits per heavy atom. The van der Waals surface area contributed by atoms with E-state index in [2.05, 4.69) is 31.7 Å². The third-order valence-electron chi connectivity index (χ3n) is 1.63. The van der Waals surface area contributed by atoms with Gasteiger partial charge in [-0.15, -0.1) is 15.3 Å². The van der Waals surface area contributed by atoms with Crippen molar-refractivity contribution >= 4 is 22.4 Å². The van der Waals surface area contributed by atoms with Crippen LogP contribution in [0.3, 0.4) is 0 Å². The molecule has 11 heavy (non-hydrogen) atoms. The van der Waals surface area contributed by atoms with E-state index in [0.29, 0.717) is 0 Å². The Labute approximate surface area is 61.1 Å². The number of benzene rings is 1. The van der Waals surface area contributed by atoms with Gasteiger partial charge >= 0.3 is 0 Å². The molecule has 0 aliphatic carbocycles. The number of nitrogens with one attached hydrogen (secondary N) is 1. The normalized spacial score (nSPS) is 13.1. The molecule has 1 aliphatic heterocycles. The van der Waals surface area contributed by atoms with Gasteiger partial charge in [0.05, 0.1) is 5.52 Å². The Bertz CT molecular complexity index is 455. The number of H-pyrrole nitrogens is 1. The fourth-order valence-electron chi connectivity index (χ4n) is 1.06. The number of hydrogen-bond donors (Lipinski definition) is 1. The molecule has 1 aliphatic rings. The van der Waals surface area contributed by atoms with Crippen molar-refractivity contribution in [3.63, 3.8) is 0 Å². The van der Waals surface area contributed by atoms with Crippen molar-refractivity contribution in [3.8, 4) is 0 Å². The average Bonchev–Trinajstić information content (AvgIpc) is 2.34. The van der Waals surface area contributed by atoms with Crippen molar-refractivity contribution in [2.75, 3.05) is 0 Å². The summed E-state index contributed by atoms with van der Waals surface area (Å²) in [6.45, 7) is 0. The van der Waals surface area contributed by atoms with Crippen molar-refractivity contribution in [1.29, 1.82) is 0 Å². The van der Waals surface area contributed by atoms with Crippen LogP contribution in [0.4, 0.5) is 11.4 Å². The fourth-order valence-corrected chi connectivity index (χ4v) is 1.06. The molecule has 0 saturated carbocycles. The number of azo groups is 1. The van der Waals surface area contributed by atoms with Crippen molar-refractivity contribution in [2.45, 2.75) is 0 Å². The van der Waals surface area contributed by atoms with Crippen LogP contribution in [-0.4, -0.2) is 15.4 Å². The van der Waals surface area contributed by atoms with Crippen LogP contribution in [-0.2, 0) is 0 Å². The summed E-state index contributed by atoms with van der Waals surface area (Å²) in [6, 6.07) is 4.71. The lowest BCUT2D eigenvalue weighted by Crippen LogP contribution is -1.79. The first-order chi connectivity index (χ1) is 5.45. The van der Waals surface area contributed by atoms with Crippen LogP contribution in [0.5, 0.6) is 0 Å². The lowest BCUT2D eigenvalue weighted by Gasteiger charge is -2.04. The minimum atomic E-state index is 0.770. The summed E-state index contributed by atoms with van der Waals surface area (Å²) in [7, 11) is 0. The zero-order valence-electron chi connectivity index (χ0n) is 5.37. The second-order valence-corrected chi connectivity index (χ2v) is 2.26. The molecule has 1 aromatic carbocycles. The number of aromatic amines is 1. The molecule has 5 heteroatoms. The lowest BCUT2D eigenvalue weighted by molar-refractivity contribution is 0.958. The molecule has 0 spiro atoms. The van der Waals surface area contributed by atoms with Crippen LogP contribution >= 0.6 is 0 Å². The van der Waals surface area contributed by atoms with Gasteiger partial charge in [-0.05, 0) is 6.07 Å². The molecule has 3 rings (SSSR count). The first-order valence-electron chi connectivity index (χ1n) is 3.12. The zero-order chi connectivity index (χ0) is 7.26. The monoisotopic (exact) mass is 144 g/mol. The molecule has 0 amide bonds. The summed E-state index contributed by atoms with van der Waals surface area (Å²) < 4.78 is 0. The molecular formula is C6H2N5. The number of fused-ring (bicyclic) bond motifs is 3. The molecule has 1 N–H and O–H groups in total. The van der Waals surface area contributed by atoms with E-state index >= 15 is 0 Å². The largest absolute Gasteiger partial charge is 0.257 e. The summed E-state index contributed by atoms with van der Waals surface area (Å²) in [5.74, 6) is 0. The second-order valence-electron chi connectivity index (χ2n) is 2.26. The molecule has 1 radical (unpaired) electrons. The van der Waals surface area contributed by atoms with Gasteiger partial charge in [0.15, 0.2) is 0 Å². The summed E-state index contributed by atoms with van der Waals surface area (Å²) in [5, 5.41) is 17.8. The van der Waals surface area contributed by atoms with Gasteiger partial charge in [-0.1, -0.05) is 5.21 Å². The van der Waals surface area contributed by atoms with Crippen LogP contribution in [0.15, 0.2) is 16.3 Å². The lowest BCUT2D eigenvalue weighted by atomic mass is 10.2. The third kappa shape index (κ3) is 0.463. The van der Waals surface area contributed by atoms with E-state index in [1.54, 1.807) is 6.07 Å². The van der Waals surface area contributed by atoms with Gasteiger partial charge in [0.25, 0.3) is 0 Å². The van der Waals surface area contributed by atoms with Crippen LogP contribution in [0, 0.1) is 6.07 Å². The number of rotatable bonds is 0. The Morgan fingerprint density at radius 3 is 3.18 bits per heavy atom. The topological polar surface area (TPSA) is 66.3 Å². The van der Waals surface area contributed by atoms with E-state index in [0.717, 1.165) is 22.4 Å². The van der Waals surface area contributed by atoms with Crippen molar-refractivity contribution in [1.82, 2.24) is 15.4 Å². The van der Waals surface area contributed by atoms with Crippen LogP contribution in [0.25, 0.3) is 11.0 Å². The van der Waals surface area contributed by atoms with Crippen molar-refractivity contribution < 1.29 is 0 Å². The van der Waals surface area contributed by atoms with Crippen molar-refractivity contribution in [3.05, 3.63) is 12.1 Å². The van der Waals surface area contributed by atoms with E-state index < -0.39 is 0 Å². The molecule has 5 nitrogen and oxygen atoms in total. The Hall–Kier alpha value is -1.78. The first-order valence-corrected chi connectivity index (χ1v) is 3.12. The van der Waals surface area contributed by atoms with E-state index in [1.165, 1.54) is 0 Å². The summed E-state index contributed by atoms with van der Waals surface area (Å²) >= 11 is 0. The molecule has 0 unspecified atom stereocenters. The highest BCUT2D eigenvalue weighted by molar-refractivity contribution is 5.93. The fraction of sp³-hybridized carbons (Fsp3) is 0. The highest BCUT2D eigenvalue weighted by atomic mass is 15.3. The predicted octanol–water partition coefficient (Wildman–Crippen LogP) is 1.49. The number of aromatic nitrogens is 3. The SMILES string of the molecule is [c]1cc2[nH]nnc2c2c1N=N2. The minimum Gasteiger partial charge on any atom is -0.257 e. The average molecular weight is 144 g/mol. The molecule has 0 saturated heterocycles. The van der Waals surface area contributed by atoms with Gasteiger partial charge in [0, 0.05) is 6.07 Å². The zero-order valence-corrected chi connectivity index (χ0v) is 5.37. The van der Waals surface area contributed by atoms with Gasteiger partial charge in [-0.25, -0.2) is 0 Å². The number of hydrogen-bond acceptors (Lipinski definition) is 4. The quantitative estimate of drug-likeness (QED) is 0.519. The van der Waals surface area contributed by atoms with Crippen LogP contribution < -0.4 is 0 Å². The second kappa shape index (κ2) is 1.45. The van der Waals surface area contributed by atoms with Gasteiger partial charge in [-0.3, -0.25) is 5.10 Å². The highest BCUT2D eigenvalue weighted by Crippen LogP contribution is 2.41. The van der Waals surface area contributed by atoms with Crippen molar-refractivity contribution in [2.24, 2.45) is 10.2 Å². The number of nitrogens with zero attached hydrogens (tertiary/aromatic N) is 4. The predicted molar refractivity (Wildman–Crippen MR) is 36.9 cm³/mol. The molecule has 1 aromatic heterocycles. The van der Waals surface area contributed by atoms with Crippen LogP contribution in [0.1, 0.15) is 0 Å². The maximum Gasteiger partial charge on any atom is 0.144 e. The Kier molecular flexibility index (Phi) is 0.650. The third-order valence-corrected chi connectivity index (χ3v) is 1.63. The van der Waals surface area contributed by atoms with E-state index in [-0.39, 0.29) is 0 Å². The summed E-state index contributed by atoms with van der Waals surface area (Å²) in [4.78, 5) is 0.